The van der Waals surface area contributed by atoms with Gasteiger partial charge in [-0.15, -0.1) is 0 Å². The zero-order chi connectivity index (χ0) is 46.5. The van der Waals surface area contributed by atoms with E-state index in [9.17, 15) is 39.0 Å². The molecule has 5 bridgehead atoms. The summed E-state index contributed by atoms with van der Waals surface area (Å²) in [6.07, 6.45) is 5.93. The molecule has 15 heteroatoms. The van der Waals surface area contributed by atoms with Crippen molar-refractivity contribution in [3.05, 3.63) is 100.0 Å². The van der Waals surface area contributed by atoms with Gasteiger partial charge in [0.15, 0.2) is 5.78 Å². The van der Waals surface area contributed by atoms with E-state index in [0.29, 0.717) is 12.4 Å². The van der Waals surface area contributed by atoms with Crippen molar-refractivity contribution >= 4 is 35.2 Å². The van der Waals surface area contributed by atoms with Crippen LogP contribution in [0.15, 0.2) is 72.2 Å². The van der Waals surface area contributed by atoms with Gasteiger partial charge in [0.05, 0.1) is 59.1 Å². The number of ether oxygens (including phenoxy) is 6. The number of rotatable bonds is 8. The van der Waals surface area contributed by atoms with E-state index in [4.69, 9.17) is 28.4 Å². The summed E-state index contributed by atoms with van der Waals surface area (Å²) in [5.74, 6) is -9.57. The van der Waals surface area contributed by atoms with Crippen LogP contribution in [0.25, 0.3) is 0 Å². The van der Waals surface area contributed by atoms with Crippen molar-refractivity contribution in [2.24, 2.45) is 23.7 Å². The van der Waals surface area contributed by atoms with Gasteiger partial charge in [-0.1, -0.05) is 59.3 Å². The second-order valence-corrected chi connectivity index (χ2v) is 16.5. The lowest BCUT2D eigenvalue weighted by molar-refractivity contribution is -0.160. The number of ketones is 3. The van der Waals surface area contributed by atoms with Crippen LogP contribution < -0.4 is 19.5 Å². The Bertz CT molecular complexity index is 2250. The molecule has 3 aliphatic heterocycles. The summed E-state index contributed by atoms with van der Waals surface area (Å²) in [6, 6.07) is 6.15. The van der Waals surface area contributed by atoms with Crippen LogP contribution in [0.4, 0.5) is 0 Å². The number of hydrogen-bond acceptors (Lipinski definition) is 14. The third kappa shape index (κ3) is 10.2. The van der Waals surface area contributed by atoms with Gasteiger partial charge in [0.25, 0.3) is 11.7 Å². The molecule has 0 fully saturated rings. The molecule has 0 radical (unpaired) electrons. The van der Waals surface area contributed by atoms with Crippen molar-refractivity contribution in [3.63, 3.8) is 0 Å². The summed E-state index contributed by atoms with van der Waals surface area (Å²) in [7, 11) is 1.42. The second kappa shape index (κ2) is 20.1. The molecule has 63 heavy (non-hydrogen) atoms. The van der Waals surface area contributed by atoms with E-state index in [2.05, 4.69) is 5.32 Å². The van der Waals surface area contributed by atoms with Crippen molar-refractivity contribution in [1.29, 1.82) is 0 Å². The third-order valence-corrected chi connectivity index (χ3v) is 11.8. The molecule has 0 unspecified atom stereocenters. The monoisotopic (exact) mass is 871 g/mol. The molecule has 2 aromatic carbocycles. The maximum absolute atomic E-state index is 14.4. The number of benzene rings is 2. The molecule has 4 aliphatic rings. The summed E-state index contributed by atoms with van der Waals surface area (Å²) < 4.78 is 35.3. The molecule has 2 aromatic rings. The smallest absolute Gasteiger partial charge is 0.343 e. The first-order valence-electron chi connectivity index (χ1n) is 21.0. The second-order valence-electron chi connectivity index (χ2n) is 16.5. The number of aliphatic hydroxyl groups excluding tert-OH is 2. The molecule has 1 amide bonds. The van der Waals surface area contributed by atoms with Gasteiger partial charge >= 0.3 is 17.7 Å². The summed E-state index contributed by atoms with van der Waals surface area (Å²) in [5, 5.41) is 25.3. The van der Waals surface area contributed by atoms with Gasteiger partial charge in [-0.25, -0.2) is 4.79 Å². The molecule has 1 aliphatic carbocycles. The molecular formula is C48H57NO14. The zero-order valence-electron chi connectivity index (χ0n) is 37.3. The van der Waals surface area contributed by atoms with E-state index in [0.717, 1.165) is 25.2 Å². The fraction of sp³-hybridized carbons (Fsp3) is 0.458. The van der Waals surface area contributed by atoms with Gasteiger partial charge in [-0.05, 0) is 50.6 Å². The summed E-state index contributed by atoms with van der Waals surface area (Å²) >= 11 is 0. The Morgan fingerprint density at radius 1 is 0.905 bits per heavy atom. The van der Waals surface area contributed by atoms with Gasteiger partial charge in [0.2, 0.25) is 5.78 Å². The predicted octanol–water partition coefficient (Wildman–Crippen LogP) is 6.32. The van der Waals surface area contributed by atoms with Crippen LogP contribution in [0.3, 0.4) is 0 Å². The number of aliphatic hydroxyl groups is 2. The molecule has 338 valence electrons. The van der Waals surface area contributed by atoms with E-state index in [1.807, 2.05) is 6.92 Å². The lowest BCUT2D eigenvalue weighted by atomic mass is 9.78. The summed E-state index contributed by atoms with van der Waals surface area (Å²) in [4.78, 5) is 82.6. The van der Waals surface area contributed by atoms with Crippen molar-refractivity contribution in [2.45, 2.75) is 105 Å². The number of Topliss-reactive ketones (excluding diaryl/α,β-unsaturated/α-hetero) is 2. The minimum Gasteiger partial charge on any atom is -0.494 e. The largest absolute Gasteiger partial charge is 0.494 e. The van der Waals surface area contributed by atoms with Crippen LogP contribution in [0.1, 0.15) is 115 Å². The average Bonchev–Trinajstić information content (AvgIpc) is 3.51. The van der Waals surface area contributed by atoms with Crippen molar-refractivity contribution in [2.75, 3.05) is 13.7 Å². The number of allylic oxidation sites excluding steroid dienone is 4. The van der Waals surface area contributed by atoms with Gasteiger partial charge in [-0.2, -0.15) is 0 Å². The molecular weight excluding hydrogens is 815 g/mol. The molecule has 3 heterocycles. The first-order chi connectivity index (χ1) is 29.8. The highest BCUT2D eigenvalue weighted by Gasteiger charge is 2.52. The topological polar surface area (TPSA) is 210 Å². The summed E-state index contributed by atoms with van der Waals surface area (Å²) in [5.41, 5.74) is -1.35. The number of carbonyl (C=O) groups is 6. The van der Waals surface area contributed by atoms with Crippen molar-refractivity contribution < 1.29 is 67.4 Å². The highest BCUT2D eigenvalue weighted by atomic mass is 16.7. The number of fused-ring (bicyclic) bond motifs is 14. The van der Waals surface area contributed by atoms with Crippen LogP contribution in [-0.2, 0) is 23.8 Å². The highest BCUT2D eigenvalue weighted by Crippen LogP contribution is 2.48. The average molecular weight is 872 g/mol. The Morgan fingerprint density at radius 3 is 2.22 bits per heavy atom. The van der Waals surface area contributed by atoms with Gasteiger partial charge < -0.3 is 44.0 Å². The highest BCUT2D eigenvalue weighted by molar-refractivity contribution is 6.31. The fourth-order valence-electron chi connectivity index (χ4n) is 7.91. The van der Waals surface area contributed by atoms with Gasteiger partial charge in [-0.3, -0.25) is 24.0 Å². The molecule has 0 saturated heterocycles. The number of esters is 2. The molecule has 9 atom stereocenters. The quantitative estimate of drug-likeness (QED) is 0.151. The first-order valence-corrected chi connectivity index (χ1v) is 21.0. The van der Waals surface area contributed by atoms with E-state index in [1.54, 1.807) is 52.0 Å². The molecule has 0 saturated carbocycles. The SMILES string of the molecule is CCCCOc1ccc(C(=O)Oc2c(C)c3c4c5c2C(=O)C(=CC5=O)NC(=O)/C(C)=C\C=C\[C@H](C)[C@H](O)[C@@H](C)[C@H](O)[C@H](C)[C@H](OC(C)=O)[C@H](C)[C@@H](OC)/C=C/O[C@@](C)(O3)C4=O)cc1. The van der Waals surface area contributed by atoms with E-state index < -0.39 is 106 Å². The third-order valence-electron chi connectivity index (χ3n) is 11.8. The molecule has 0 spiro atoms. The maximum Gasteiger partial charge on any atom is 0.343 e. The molecule has 3 N–H and O–H groups in total. The Morgan fingerprint density at radius 2 is 1.59 bits per heavy atom. The lowest BCUT2D eigenvalue weighted by Gasteiger charge is -2.38. The Labute approximate surface area is 367 Å². The Balaban J connectivity index is 1.62. The number of methoxy groups -OCH3 is 1. The van der Waals surface area contributed by atoms with Crippen LogP contribution in [0, 0.1) is 30.6 Å². The van der Waals surface area contributed by atoms with Crippen molar-refractivity contribution in [1.82, 2.24) is 5.32 Å². The Hall–Kier alpha value is -5.90. The van der Waals surface area contributed by atoms with Gasteiger partial charge in [0, 0.05) is 61.8 Å². The minimum atomic E-state index is -2.12. The Kier molecular flexibility index (Phi) is 15.3. The first kappa shape index (κ1) is 48.1. The summed E-state index contributed by atoms with van der Waals surface area (Å²) in [6.45, 7) is 14.8. The molecule has 6 rings (SSSR count). The predicted molar refractivity (Wildman–Crippen MR) is 229 cm³/mol. The normalized spacial score (nSPS) is 29.6. The fourth-order valence-corrected chi connectivity index (χ4v) is 7.91. The van der Waals surface area contributed by atoms with Crippen molar-refractivity contribution in [3.8, 4) is 17.2 Å². The van der Waals surface area contributed by atoms with Gasteiger partial charge in [0.1, 0.15) is 23.4 Å². The van der Waals surface area contributed by atoms with Crippen LogP contribution in [0.2, 0.25) is 0 Å². The molecule has 15 nitrogen and oxygen atoms in total. The van der Waals surface area contributed by atoms with Crippen LogP contribution in [0.5, 0.6) is 17.2 Å². The minimum absolute atomic E-state index is 0.0208. The standard InChI is InChI=1S/C48H57NO14/c1-11-12-21-59-32-18-16-31(17-19-32)47(57)62-43-29(7)44-38-36-34(51)23-33(41(54)37(36)43)49-46(56)25(3)15-13-14-24(2)39(52)27(5)40(53)28(6)42(61-30(8)50)26(4)35(58-10)20-22-60-48(9,63-44)45(38)55/h13-20,22-24,26-28,35,39-40,42,52-53H,11-12,21H2,1-10H3,(H,49,56)/b14-13+,22-20+,25-15-/t24-,26+,27+,28-,35-,39-,40-,42+,48-/m0/s1. The number of hydrogen-bond donors (Lipinski definition) is 3. The zero-order valence-corrected chi connectivity index (χ0v) is 37.3. The lowest BCUT2D eigenvalue weighted by Crippen LogP contribution is -2.46. The van der Waals surface area contributed by atoms with E-state index >= 15 is 0 Å². The number of carbonyl (C=O) groups excluding carboxylic acids is 6. The maximum atomic E-state index is 14.4. The number of nitrogens with one attached hydrogen (secondary N) is 1. The van der Waals surface area contributed by atoms with E-state index in [-0.39, 0.29) is 33.8 Å². The van der Waals surface area contributed by atoms with E-state index in [1.165, 1.54) is 59.1 Å². The molecule has 0 aromatic heterocycles. The van der Waals surface area contributed by atoms with Crippen LogP contribution in [-0.4, -0.2) is 89.3 Å². The van der Waals surface area contributed by atoms with Crippen LogP contribution >= 0.6 is 0 Å². The number of amides is 1. The number of unbranched alkanes of at least 4 members (excludes halogenated alkanes) is 1.